The SMILES string of the molecule is CSCCC(N)C(=O)NC(Cc1ccc(O)cc1)C(=O)NC(C(=O)NC(Cc1ccccc1)C(=O)O)C(C)O. The lowest BCUT2D eigenvalue weighted by molar-refractivity contribution is -0.143. The Balaban J connectivity index is 2.19. The highest BCUT2D eigenvalue weighted by molar-refractivity contribution is 7.98. The molecule has 0 fully saturated rings. The fourth-order valence-corrected chi connectivity index (χ4v) is 4.19. The van der Waals surface area contributed by atoms with Crippen LogP contribution < -0.4 is 21.7 Å². The van der Waals surface area contributed by atoms with Crippen molar-refractivity contribution in [1.82, 2.24) is 16.0 Å². The minimum Gasteiger partial charge on any atom is -0.508 e. The van der Waals surface area contributed by atoms with Crippen molar-refractivity contribution in [3.63, 3.8) is 0 Å². The van der Waals surface area contributed by atoms with E-state index in [1.54, 1.807) is 42.5 Å². The molecule has 0 aromatic heterocycles. The van der Waals surface area contributed by atoms with E-state index in [1.807, 2.05) is 6.26 Å². The van der Waals surface area contributed by atoms with Crippen molar-refractivity contribution >= 4 is 35.5 Å². The highest BCUT2D eigenvalue weighted by atomic mass is 32.2. The van der Waals surface area contributed by atoms with E-state index in [9.17, 15) is 34.5 Å². The quantitative estimate of drug-likeness (QED) is 0.159. The van der Waals surface area contributed by atoms with Crippen LogP contribution in [0.1, 0.15) is 24.5 Å². The number of carbonyl (C=O) groups is 4. The number of benzene rings is 2. The van der Waals surface area contributed by atoms with Crippen LogP contribution in [0.25, 0.3) is 0 Å². The van der Waals surface area contributed by atoms with Crippen LogP contribution in [-0.4, -0.2) is 81.3 Å². The molecular weight excluding hydrogens is 524 g/mol. The molecule has 5 atom stereocenters. The van der Waals surface area contributed by atoms with E-state index in [0.717, 1.165) is 0 Å². The Labute approximate surface area is 231 Å². The molecule has 0 bridgehead atoms. The number of nitrogens with two attached hydrogens (primary N) is 1. The molecule has 0 aliphatic carbocycles. The topological polar surface area (TPSA) is 191 Å². The Kier molecular flexibility index (Phi) is 12.7. The fraction of sp³-hybridized carbons (Fsp3) is 0.407. The summed E-state index contributed by atoms with van der Waals surface area (Å²) in [4.78, 5) is 50.8. The summed E-state index contributed by atoms with van der Waals surface area (Å²) in [5.41, 5.74) is 7.25. The number of hydrogen-bond acceptors (Lipinski definition) is 8. The van der Waals surface area contributed by atoms with Gasteiger partial charge in [-0.1, -0.05) is 42.5 Å². The summed E-state index contributed by atoms with van der Waals surface area (Å²) in [6, 6.07) is 9.88. The Morgan fingerprint density at radius 1 is 0.846 bits per heavy atom. The Morgan fingerprint density at radius 3 is 1.97 bits per heavy atom. The van der Waals surface area contributed by atoms with Gasteiger partial charge in [0, 0.05) is 12.8 Å². The van der Waals surface area contributed by atoms with E-state index in [1.165, 1.54) is 30.8 Å². The molecule has 0 saturated carbocycles. The molecule has 0 aliphatic rings. The minimum absolute atomic E-state index is 0.00411. The number of carbonyl (C=O) groups excluding carboxylic acids is 3. The van der Waals surface area contributed by atoms with Gasteiger partial charge in [0.25, 0.3) is 0 Å². The minimum atomic E-state index is -1.50. The Morgan fingerprint density at radius 2 is 1.41 bits per heavy atom. The number of carboxylic acid groups (broad SMARTS) is 1. The van der Waals surface area contributed by atoms with Crippen molar-refractivity contribution < 1.29 is 34.5 Å². The van der Waals surface area contributed by atoms with Crippen LogP contribution in [0, 0.1) is 0 Å². The predicted octanol–water partition coefficient (Wildman–Crippen LogP) is 0.178. The molecule has 39 heavy (non-hydrogen) atoms. The largest absolute Gasteiger partial charge is 0.508 e. The number of thioether (sulfide) groups is 1. The maximum Gasteiger partial charge on any atom is 0.326 e. The van der Waals surface area contributed by atoms with Gasteiger partial charge in [-0.3, -0.25) is 14.4 Å². The van der Waals surface area contributed by atoms with E-state index in [0.29, 0.717) is 23.3 Å². The van der Waals surface area contributed by atoms with Crippen molar-refractivity contribution in [1.29, 1.82) is 0 Å². The molecule has 3 amide bonds. The lowest BCUT2D eigenvalue weighted by Crippen LogP contribution is -2.60. The molecule has 8 N–H and O–H groups in total. The van der Waals surface area contributed by atoms with Crippen molar-refractivity contribution in [2.24, 2.45) is 5.73 Å². The standard InChI is InChI=1S/C27H36N4O7S/c1-16(32)23(26(36)30-22(27(37)38)15-17-6-4-3-5-7-17)31-25(35)21(14-18-8-10-19(33)11-9-18)29-24(34)20(28)12-13-39-2/h3-11,16,20-23,32-33H,12-15,28H2,1-2H3,(H,29,34)(H,30,36)(H,31,35)(H,37,38). The van der Waals surface area contributed by atoms with Crippen LogP contribution >= 0.6 is 11.8 Å². The third-order valence-electron chi connectivity index (χ3n) is 5.94. The van der Waals surface area contributed by atoms with Crippen LogP contribution in [0.5, 0.6) is 5.75 Å². The van der Waals surface area contributed by atoms with Crippen molar-refractivity contribution in [2.75, 3.05) is 12.0 Å². The van der Waals surface area contributed by atoms with Crippen LogP contribution in [0.2, 0.25) is 0 Å². The number of hydrogen-bond donors (Lipinski definition) is 7. The number of carboxylic acids is 1. The van der Waals surface area contributed by atoms with Crippen molar-refractivity contribution in [3.8, 4) is 5.75 Å². The molecule has 0 saturated heterocycles. The zero-order valence-corrected chi connectivity index (χ0v) is 22.7. The second-order valence-electron chi connectivity index (χ2n) is 9.14. The molecular formula is C27H36N4O7S. The summed E-state index contributed by atoms with van der Waals surface area (Å²) in [5, 5.41) is 36.9. The van der Waals surface area contributed by atoms with Gasteiger partial charge in [0.1, 0.15) is 23.9 Å². The number of phenolic OH excluding ortho intramolecular Hbond substituents is 1. The Bertz CT molecular complexity index is 1100. The molecule has 5 unspecified atom stereocenters. The van der Waals surface area contributed by atoms with Crippen LogP contribution in [0.15, 0.2) is 54.6 Å². The summed E-state index contributed by atoms with van der Waals surface area (Å²) in [6.07, 6.45) is 0.885. The Hall–Kier alpha value is -3.61. The average molecular weight is 561 g/mol. The van der Waals surface area contributed by atoms with Gasteiger partial charge in [-0.15, -0.1) is 0 Å². The van der Waals surface area contributed by atoms with Gasteiger partial charge in [-0.05, 0) is 48.6 Å². The molecule has 0 aliphatic heterocycles. The molecule has 2 rings (SSSR count). The monoisotopic (exact) mass is 560 g/mol. The van der Waals surface area contributed by atoms with Gasteiger partial charge in [0.15, 0.2) is 0 Å². The van der Waals surface area contributed by atoms with Gasteiger partial charge in [-0.25, -0.2) is 4.79 Å². The highest BCUT2D eigenvalue weighted by Gasteiger charge is 2.33. The summed E-state index contributed by atoms with van der Waals surface area (Å²) < 4.78 is 0. The number of aliphatic hydroxyl groups excluding tert-OH is 1. The van der Waals surface area contributed by atoms with Gasteiger partial charge < -0.3 is 37.0 Å². The van der Waals surface area contributed by atoms with Gasteiger partial charge in [0.2, 0.25) is 17.7 Å². The maximum absolute atomic E-state index is 13.3. The number of rotatable bonds is 15. The van der Waals surface area contributed by atoms with E-state index >= 15 is 0 Å². The number of aliphatic hydroxyl groups is 1. The fourth-order valence-electron chi connectivity index (χ4n) is 3.70. The first kappa shape index (κ1) is 31.6. The lowest BCUT2D eigenvalue weighted by atomic mass is 10.0. The van der Waals surface area contributed by atoms with Crippen LogP contribution in [0.4, 0.5) is 0 Å². The first-order chi connectivity index (χ1) is 18.5. The van der Waals surface area contributed by atoms with Crippen LogP contribution in [0.3, 0.4) is 0 Å². The number of phenols is 1. The van der Waals surface area contributed by atoms with E-state index in [4.69, 9.17) is 5.73 Å². The summed E-state index contributed by atoms with van der Waals surface area (Å²) in [6.45, 7) is 1.28. The zero-order valence-electron chi connectivity index (χ0n) is 21.9. The highest BCUT2D eigenvalue weighted by Crippen LogP contribution is 2.12. The van der Waals surface area contributed by atoms with Crippen LogP contribution in [-0.2, 0) is 32.0 Å². The first-order valence-corrected chi connectivity index (χ1v) is 13.8. The average Bonchev–Trinajstić information content (AvgIpc) is 2.90. The second kappa shape index (κ2) is 15.7. The smallest absolute Gasteiger partial charge is 0.326 e. The molecule has 2 aromatic rings. The summed E-state index contributed by atoms with van der Waals surface area (Å²) in [7, 11) is 0. The van der Waals surface area contributed by atoms with Gasteiger partial charge in [0.05, 0.1) is 12.1 Å². The third kappa shape index (κ3) is 10.6. The molecule has 12 heteroatoms. The molecule has 0 spiro atoms. The number of amides is 3. The van der Waals surface area contributed by atoms with E-state index in [-0.39, 0.29) is 18.6 Å². The van der Waals surface area contributed by atoms with Gasteiger partial charge in [-0.2, -0.15) is 11.8 Å². The first-order valence-electron chi connectivity index (χ1n) is 12.4. The molecule has 2 aromatic carbocycles. The number of aromatic hydroxyl groups is 1. The normalized spacial score (nSPS) is 14.8. The molecule has 0 radical (unpaired) electrons. The summed E-state index contributed by atoms with van der Waals surface area (Å²) >= 11 is 1.52. The van der Waals surface area contributed by atoms with E-state index in [2.05, 4.69) is 16.0 Å². The number of aliphatic carboxylic acids is 1. The summed E-state index contributed by atoms with van der Waals surface area (Å²) in [5.74, 6) is -2.84. The molecule has 212 valence electrons. The van der Waals surface area contributed by atoms with Crippen molar-refractivity contribution in [3.05, 3.63) is 65.7 Å². The van der Waals surface area contributed by atoms with E-state index < -0.39 is 54.0 Å². The molecule has 11 nitrogen and oxygen atoms in total. The van der Waals surface area contributed by atoms with Crippen molar-refractivity contribution in [2.45, 2.75) is 56.5 Å². The third-order valence-corrected chi connectivity index (χ3v) is 6.58. The predicted molar refractivity (Wildman–Crippen MR) is 148 cm³/mol. The maximum atomic E-state index is 13.3. The lowest BCUT2D eigenvalue weighted by Gasteiger charge is -2.26. The number of nitrogens with one attached hydrogen (secondary N) is 3. The van der Waals surface area contributed by atoms with Gasteiger partial charge >= 0.3 is 5.97 Å². The second-order valence-corrected chi connectivity index (χ2v) is 10.1. The molecule has 0 heterocycles. The zero-order chi connectivity index (χ0) is 28.9.